The highest BCUT2D eigenvalue weighted by atomic mass is 35.5. The van der Waals surface area contributed by atoms with Crippen molar-refractivity contribution in [3.8, 4) is 5.75 Å². The molecule has 2 N–H and O–H groups in total. The molecule has 0 saturated carbocycles. The Labute approximate surface area is 110 Å². The number of benzene rings is 1. The quantitative estimate of drug-likeness (QED) is 0.847. The first-order valence-electron chi connectivity index (χ1n) is 4.73. The Morgan fingerprint density at radius 3 is 2.42 bits per heavy atom. The Balaban J connectivity index is 0.00000180. The Morgan fingerprint density at radius 1 is 1.26 bits per heavy atom. The minimum atomic E-state index is -4.52. The number of hydrogen-bond donors (Lipinski definition) is 2. The largest absolute Gasteiger partial charge is 0.506 e. The van der Waals surface area contributed by atoms with E-state index in [0.717, 1.165) is 24.4 Å². The number of nitrogens with zero attached hydrogens (tertiary/aromatic N) is 1. The van der Waals surface area contributed by atoms with Crippen LogP contribution in [0.2, 0.25) is 0 Å². The van der Waals surface area contributed by atoms with E-state index in [9.17, 15) is 23.1 Å². The van der Waals surface area contributed by atoms with Gasteiger partial charge < -0.3 is 10.2 Å². The van der Waals surface area contributed by atoms with Crippen LogP contribution in [0, 0.1) is 0 Å². The summed E-state index contributed by atoms with van der Waals surface area (Å²) in [5, 5.41) is 18.3. The Kier molecular flexibility index (Phi) is 3.90. The fraction of sp³-hybridized carbons (Fsp3) is 0.0909. The lowest BCUT2D eigenvalue weighted by Crippen LogP contribution is -2.05. The number of aromatic carboxylic acids is 1. The van der Waals surface area contributed by atoms with Gasteiger partial charge in [-0.15, -0.1) is 12.4 Å². The average Bonchev–Trinajstić information content (AvgIpc) is 2.27. The predicted molar refractivity (Wildman–Crippen MR) is 62.6 cm³/mol. The second kappa shape index (κ2) is 4.93. The van der Waals surface area contributed by atoms with E-state index in [1.807, 2.05) is 0 Å². The summed E-state index contributed by atoms with van der Waals surface area (Å²) in [6.07, 6.45) is -3.70. The van der Waals surface area contributed by atoms with Gasteiger partial charge in [-0.3, -0.25) is 4.98 Å². The number of carboxylic acids is 1. The van der Waals surface area contributed by atoms with Crippen molar-refractivity contribution in [2.75, 3.05) is 0 Å². The summed E-state index contributed by atoms with van der Waals surface area (Å²) < 4.78 is 37.3. The van der Waals surface area contributed by atoms with Crippen molar-refractivity contribution in [1.29, 1.82) is 0 Å². The number of carboxylic acid groups (broad SMARTS) is 1. The maximum Gasteiger partial charge on any atom is 0.416 e. The first-order valence-corrected chi connectivity index (χ1v) is 4.73. The van der Waals surface area contributed by atoms with Crippen LogP contribution < -0.4 is 0 Å². The van der Waals surface area contributed by atoms with Crippen LogP contribution >= 0.6 is 12.4 Å². The van der Waals surface area contributed by atoms with Gasteiger partial charge >= 0.3 is 12.1 Å². The van der Waals surface area contributed by atoms with Crippen molar-refractivity contribution < 1.29 is 28.2 Å². The standard InChI is InChI=1S/C11H6F3NO3.ClH/c12-11(13,14)5-1-2-6-8(3-5)15-4-7(9(6)16)10(17)18;/h1-4H,(H,15,16)(H,17,18);1H. The van der Waals surface area contributed by atoms with Crippen LogP contribution in [0.15, 0.2) is 24.4 Å². The lowest BCUT2D eigenvalue weighted by Gasteiger charge is -2.08. The predicted octanol–water partition coefficient (Wildman–Crippen LogP) is 3.08. The van der Waals surface area contributed by atoms with Crippen molar-refractivity contribution >= 4 is 29.3 Å². The molecule has 2 rings (SSSR count). The number of hydrogen-bond acceptors (Lipinski definition) is 3. The third-order valence-electron chi connectivity index (χ3n) is 2.40. The Bertz CT molecular complexity index is 643. The Morgan fingerprint density at radius 2 is 1.89 bits per heavy atom. The highest BCUT2D eigenvalue weighted by molar-refractivity contribution is 5.98. The molecular formula is C11H7ClF3NO3. The zero-order valence-electron chi connectivity index (χ0n) is 9.10. The molecule has 2 aromatic rings. The molecule has 0 fully saturated rings. The molecule has 0 aliphatic rings. The van der Waals surface area contributed by atoms with E-state index in [1.165, 1.54) is 0 Å². The summed E-state index contributed by atoms with van der Waals surface area (Å²) in [7, 11) is 0. The molecule has 0 radical (unpaired) electrons. The van der Waals surface area contributed by atoms with Crippen LogP contribution in [0.3, 0.4) is 0 Å². The van der Waals surface area contributed by atoms with Gasteiger partial charge in [0.05, 0.1) is 11.1 Å². The van der Waals surface area contributed by atoms with Gasteiger partial charge in [0.25, 0.3) is 0 Å². The molecule has 0 spiro atoms. The van der Waals surface area contributed by atoms with E-state index in [4.69, 9.17) is 5.11 Å². The molecule has 4 nitrogen and oxygen atoms in total. The highest BCUT2D eigenvalue weighted by Crippen LogP contribution is 2.34. The molecule has 1 aromatic carbocycles. The van der Waals surface area contributed by atoms with Crippen LogP contribution in [-0.2, 0) is 6.18 Å². The maximum atomic E-state index is 12.4. The van der Waals surface area contributed by atoms with E-state index in [0.29, 0.717) is 0 Å². The van der Waals surface area contributed by atoms with Crippen molar-refractivity contribution in [3.63, 3.8) is 0 Å². The number of fused-ring (bicyclic) bond motifs is 1. The van der Waals surface area contributed by atoms with Gasteiger partial charge in [-0.1, -0.05) is 0 Å². The number of aromatic nitrogens is 1. The summed E-state index contributed by atoms with van der Waals surface area (Å²) in [6.45, 7) is 0. The highest BCUT2D eigenvalue weighted by Gasteiger charge is 2.31. The summed E-state index contributed by atoms with van der Waals surface area (Å²) in [5.41, 5.74) is -1.49. The molecule has 0 aliphatic heterocycles. The number of pyridine rings is 1. The minimum absolute atomic E-state index is 0. The zero-order valence-corrected chi connectivity index (χ0v) is 9.92. The van der Waals surface area contributed by atoms with Crippen LogP contribution in [0.5, 0.6) is 5.75 Å². The molecule has 0 unspecified atom stereocenters. The van der Waals surface area contributed by atoms with E-state index >= 15 is 0 Å². The van der Waals surface area contributed by atoms with Gasteiger partial charge in [0, 0.05) is 11.6 Å². The summed E-state index contributed by atoms with van der Waals surface area (Å²) in [5.74, 6) is -2.00. The molecule has 102 valence electrons. The summed E-state index contributed by atoms with van der Waals surface area (Å²) >= 11 is 0. The number of alkyl halides is 3. The van der Waals surface area contributed by atoms with Gasteiger partial charge in [0.1, 0.15) is 11.3 Å². The van der Waals surface area contributed by atoms with Gasteiger partial charge in [0.2, 0.25) is 0 Å². The molecule has 0 saturated heterocycles. The first kappa shape index (κ1) is 15.0. The van der Waals surface area contributed by atoms with E-state index in [1.54, 1.807) is 0 Å². The number of carbonyl (C=O) groups is 1. The van der Waals surface area contributed by atoms with Gasteiger partial charge in [-0.2, -0.15) is 13.2 Å². The first-order chi connectivity index (χ1) is 8.30. The van der Waals surface area contributed by atoms with Crippen molar-refractivity contribution in [2.45, 2.75) is 6.18 Å². The second-order valence-electron chi connectivity index (χ2n) is 3.56. The lowest BCUT2D eigenvalue weighted by molar-refractivity contribution is -0.137. The fourth-order valence-corrected chi connectivity index (χ4v) is 1.51. The minimum Gasteiger partial charge on any atom is -0.506 e. The number of rotatable bonds is 1. The third kappa shape index (κ3) is 2.70. The van der Waals surface area contributed by atoms with Gasteiger partial charge in [0.15, 0.2) is 0 Å². The van der Waals surface area contributed by atoms with Crippen LogP contribution in [-0.4, -0.2) is 21.2 Å². The number of aromatic hydroxyl groups is 1. The van der Waals surface area contributed by atoms with Crippen molar-refractivity contribution in [1.82, 2.24) is 4.98 Å². The van der Waals surface area contributed by atoms with E-state index in [2.05, 4.69) is 4.98 Å². The molecule has 19 heavy (non-hydrogen) atoms. The molecule has 0 atom stereocenters. The van der Waals surface area contributed by atoms with Gasteiger partial charge in [-0.05, 0) is 18.2 Å². The summed E-state index contributed by atoms with van der Waals surface area (Å²) in [6, 6.07) is 2.50. The molecule has 1 aromatic heterocycles. The molecule has 1 heterocycles. The van der Waals surface area contributed by atoms with E-state index < -0.39 is 29.0 Å². The lowest BCUT2D eigenvalue weighted by atomic mass is 10.1. The number of halogens is 4. The second-order valence-corrected chi connectivity index (χ2v) is 3.56. The van der Waals surface area contributed by atoms with Crippen LogP contribution in [0.1, 0.15) is 15.9 Å². The molecule has 0 bridgehead atoms. The normalized spacial score (nSPS) is 11.1. The molecule has 8 heteroatoms. The molecular weight excluding hydrogens is 287 g/mol. The molecule has 0 amide bonds. The Hall–Kier alpha value is -2.02. The SMILES string of the molecule is Cl.O=C(O)c1cnc2cc(C(F)(F)F)ccc2c1O. The topological polar surface area (TPSA) is 70.4 Å². The smallest absolute Gasteiger partial charge is 0.416 e. The van der Waals surface area contributed by atoms with Gasteiger partial charge in [-0.25, -0.2) is 4.79 Å². The molecule has 0 aliphatic carbocycles. The summed E-state index contributed by atoms with van der Waals surface area (Å²) in [4.78, 5) is 14.3. The van der Waals surface area contributed by atoms with Crippen LogP contribution in [0.4, 0.5) is 13.2 Å². The zero-order chi connectivity index (χ0) is 13.5. The van der Waals surface area contributed by atoms with E-state index in [-0.39, 0.29) is 23.3 Å². The van der Waals surface area contributed by atoms with Crippen molar-refractivity contribution in [2.24, 2.45) is 0 Å². The average molecular weight is 294 g/mol. The van der Waals surface area contributed by atoms with Crippen molar-refractivity contribution in [3.05, 3.63) is 35.5 Å². The third-order valence-corrected chi connectivity index (χ3v) is 2.40. The maximum absolute atomic E-state index is 12.4. The monoisotopic (exact) mass is 293 g/mol. The fourth-order valence-electron chi connectivity index (χ4n) is 1.51. The van der Waals surface area contributed by atoms with Crippen LogP contribution in [0.25, 0.3) is 10.9 Å².